The molecule has 134 valence electrons. The van der Waals surface area contributed by atoms with Gasteiger partial charge in [0.25, 0.3) is 5.56 Å². The Bertz CT molecular complexity index is 958. The number of aromatic nitrogens is 5. The maximum atomic E-state index is 13.3. The van der Waals surface area contributed by atoms with Crippen molar-refractivity contribution in [1.29, 1.82) is 0 Å². The van der Waals surface area contributed by atoms with Crippen molar-refractivity contribution in [2.75, 3.05) is 6.54 Å². The van der Waals surface area contributed by atoms with Crippen LogP contribution in [0.5, 0.6) is 0 Å². The standard InChI is InChI=1S/C18H20N6O2/c1-12-21-15-10-24(7-4-14(15)17(25)22-12)18(26)16(23-5-2-3-6-23)8-13-9-19-11-20-13/h2-3,5-6,9,11,16H,4,7-8,10H2,1H3,(H,19,20)(H,21,22,25). The maximum absolute atomic E-state index is 13.3. The molecule has 8 heteroatoms. The number of hydrogen-bond acceptors (Lipinski definition) is 4. The lowest BCUT2D eigenvalue weighted by Crippen LogP contribution is -2.43. The molecule has 1 aliphatic heterocycles. The van der Waals surface area contributed by atoms with E-state index in [1.165, 1.54) is 0 Å². The van der Waals surface area contributed by atoms with Gasteiger partial charge in [0.05, 0.1) is 18.6 Å². The molecule has 26 heavy (non-hydrogen) atoms. The van der Waals surface area contributed by atoms with Crippen molar-refractivity contribution in [2.24, 2.45) is 0 Å². The Morgan fingerprint density at radius 1 is 1.35 bits per heavy atom. The number of fused-ring (bicyclic) bond motifs is 1. The lowest BCUT2D eigenvalue weighted by atomic mass is 10.0. The zero-order valence-electron chi connectivity index (χ0n) is 14.5. The average molecular weight is 352 g/mol. The number of aromatic amines is 2. The van der Waals surface area contributed by atoms with Crippen LogP contribution in [0.1, 0.15) is 28.8 Å². The molecule has 0 radical (unpaired) electrons. The van der Waals surface area contributed by atoms with Crippen LogP contribution in [0.3, 0.4) is 0 Å². The molecule has 0 saturated heterocycles. The molecule has 0 bridgehead atoms. The topological polar surface area (TPSA) is 99.7 Å². The van der Waals surface area contributed by atoms with Crippen LogP contribution in [0.2, 0.25) is 0 Å². The van der Waals surface area contributed by atoms with Gasteiger partial charge in [-0.1, -0.05) is 0 Å². The molecule has 1 atom stereocenters. The van der Waals surface area contributed by atoms with Gasteiger partial charge in [0.2, 0.25) is 5.91 Å². The van der Waals surface area contributed by atoms with Gasteiger partial charge in [-0.3, -0.25) is 9.59 Å². The Labute approximate surface area is 149 Å². The van der Waals surface area contributed by atoms with Crippen LogP contribution in [0.25, 0.3) is 0 Å². The smallest absolute Gasteiger partial charge is 0.254 e. The van der Waals surface area contributed by atoms with Crippen LogP contribution in [-0.4, -0.2) is 41.9 Å². The number of hydrogen-bond donors (Lipinski definition) is 2. The van der Waals surface area contributed by atoms with Crippen molar-refractivity contribution < 1.29 is 4.79 Å². The van der Waals surface area contributed by atoms with Gasteiger partial charge in [-0.2, -0.15) is 0 Å². The number of H-pyrrole nitrogens is 2. The van der Waals surface area contributed by atoms with Gasteiger partial charge >= 0.3 is 0 Å². The normalized spacial score (nSPS) is 14.9. The number of amides is 1. The Morgan fingerprint density at radius 3 is 2.88 bits per heavy atom. The van der Waals surface area contributed by atoms with E-state index in [9.17, 15) is 9.59 Å². The van der Waals surface area contributed by atoms with E-state index in [0.29, 0.717) is 43.0 Å². The lowest BCUT2D eigenvalue weighted by Gasteiger charge is -2.31. The van der Waals surface area contributed by atoms with Crippen molar-refractivity contribution in [3.63, 3.8) is 0 Å². The molecule has 1 unspecified atom stereocenters. The van der Waals surface area contributed by atoms with Crippen molar-refractivity contribution in [2.45, 2.75) is 32.4 Å². The minimum Gasteiger partial charge on any atom is -0.348 e. The molecule has 4 rings (SSSR count). The van der Waals surface area contributed by atoms with Gasteiger partial charge in [0, 0.05) is 42.8 Å². The minimum atomic E-state index is -0.366. The summed E-state index contributed by atoms with van der Waals surface area (Å²) >= 11 is 0. The largest absolute Gasteiger partial charge is 0.348 e. The first-order valence-electron chi connectivity index (χ1n) is 8.59. The SMILES string of the molecule is Cc1nc2c(c(=O)[nH]1)CCN(C(=O)C(Cc1cnc[nH]1)n1cccc1)C2. The van der Waals surface area contributed by atoms with E-state index in [-0.39, 0.29) is 17.5 Å². The highest BCUT2D eigenvalue weighted by molar-refractivity contribution is 5.81. The van der Waals surface area contributed by atoms with Crippen molar-refractivity contribution in [3.05, 3.63) is 70.2 Å². The second kappa shape index (κ2) is 6.62. The molecule has 0 saturated carbocycles. The monoisotopic (exact) mass is 352 g/mol. The van der Waals surface area contributed by atoms with Gasteiger partial charge < -0.3 is 19.4 Å². The molecule has 8 nitrogen and oxygen atoms in total. The third kappa shape index (κ3) is 3.05. The molecule has 0 spiro atoms. The Kier molecular flexibility index (Phi) is 4.16. The summed E-state index contributed by atoms with van der Waals surface area (Å²) < 4.78 is 1.91. The van der Waals surface area contributed by atoms with Crippen LogP contribution in [-0.2, 0) is 24.2 Å². The van der Waals surface area contributed by atoms with Crippen molar-refractivity contribution in [1.82, 2.24) is 29.4 Å². The first kappa shape index (κ1) is 16.3. The molecular weight excluding hydrogens is 332 g/mol. The quantitative estimate of drug-likeness (QED) is 0.731. The van der Waals surface area contributed by atoms with Gasteiger partial charge in [-0.05, 0) is 25.5 Å². The summed E-state index contributed by atoms with van der Waals surface area (Å²) in [5, 5.41) is 0. The molecular formula is C18H20N6O2. The summed E-state index contributed by atoms with van der Waals surface area (Å²) in [5.74, 6) is 0.587. The number of carbonyl (C=O) groups excluding carboxylic acids is 1. The summed E-state index contributed by atoms with van der Waals surface area (Å²) in [6.45, 7) is 2.63. The first-order chi connectivity index (χ1) is 12.6. The molecule has 0 fully saturated rings. The zero-order valence-corrected chi connectivity index (χ0v) is 14.5. The predicted octanol–water partition coefficient (Wildman–Crippen LogP) is 0.972. The number of nitrogens with one attached hydrogen (secondary N) is 2. The summed E-state index contributed by atoms with van der Waals surface area (Å²) in [6, 6.07) is 3.45. The van der Waals surface area contributed by atoms with Gasteiger partial charge in [-0.15, -0.1) is 0 Å². The number of nitrogens with zero attached hydrogens (tertiary/aromatic N) is 4. The fourth-order valence-electron chi connectivity index (χ4n) is 3.44. The highest BCUT2D eigenvalue weighted by Gasteiger charge is 2.30. The first-order valence-corrected chi connectivity index (χ1v) is 8.59. The number of aryl methyl sites for hydroxylation is 1. The second-order valence-corrected chi connectivity index (χ2v) is 6.51. The van der Waals surface area contributed by atoms with E-state index < -0.39 is 0 Å². The Morgan fingerprint density at radius 2 is 2.15 bits per heavy atom. The highest BCUT2D eigenvalue weighted by Crippen LogP contribution is 2.21. The molecule has 0 aliphatic carbocycles. The zero-order chi connectivity index (χ0) is 18.1. The van der Waals surface area contributed by atoms with E-state index in [2.05, 4.69) is 19.9 Å². The van der Waals surface area contributed by atoms with Gasteiger partial charge in [0.1, 0.15) is 11.9 Å². The number of rotatable bonds is 4. The number of imidazole rings is 1. The third-order valence-corrected chi connectivity index (χ3v) is 4.74. The Balaban J connectivity index is 1.61. The van der Waals surface area contributed by atoms with Gasteiger partial charge in [0.15, 0.2) is 0 Å². The second-order valence-electron chi connectivity index (χ2n) is 6.51. The summed E-state index contributed by atoms with van der Waals surface area (Å²) in [4.78, 5) is 41.4. The maximum Gasteiger partial charge on any atom is 0.254 e. The third-order valence-electron chi connectivity index (χ3n) is 4.74. The highest BCUT2D eigenvalue weighted by atomic mass is 16.2. The van der Waals surface area contributed by atoms with Crippen LogP contribution >= 0.6 is 0 Å². The molecule has 4 heterocycles. The molecule has 1 aliphatic rings. The summed E-state index contributed by atoms with van der Waals surface area (Å²) in [6.07, 6.45) is 8.18. The molecule has 2 N–H and O–H groups in total. The van der Waals surface area contributed by atoms with E-state index in [4.69, 9.17) is 0 Å². The van der Waals surface area contributed by atoms with Crippen LogP contribution in [0.4, 0.5) is 0 Å². The number of carbonyl (C=O) groups is 1. The van der Waals surface area contributed by atoms with Crippen molar-refractivity contribution >= 4 is 5.91 Å². The Hall–Kier alpha value is -3.16. The fraction of sp³-hybridized carbons (Fsp3) is 0.333. The average Bonchev–Trinajstić information content (AvgIpc) is 3.32. The summed E-state index contributed by atoms with van der Waals surface area (Å²) in [7, 11) is 0. The van der Waals surface area contributed by atoms with Gasteiger partial charge in [-0.25, -0.2) is 9.97 Å². The van der Waals surface area contributed by atoms with E-state index in [0.717, 1.165) is 5.69 Å². The molecule has 1 amide bonds. The van der Waals surface area contributed by atoms with Crippen LogP contribution in [0, 0.1) is 6.92 Å². The fourth-order valence-corrected chi connectivity index (χ4v) is 3.44. The molecule has 0 aromatic carbocycles. The predicted molar refractivity (Wildman–Crippen MR) is 94.5 cm³/mol. The molecule has 3 aromatic rings. The van der Waals surface area contributed by atoms with E-state index in [1.807, 2.05) is 29.1 Å². The lowest BCUT2D eigenvalue weighted by molar-refractivity contribution is -0.135. The molecule has 3 aromatic heterocycles. The summed E-state index contributed by atoms with van der Waals surface area (Å²) in [5.41, 5.74) is 2.18. The van der Waals surface area contributed by atoms with Crippen LogP contribution in [0.15, 0.2) is 41.8 Å². The van der Waals surface area contributed by atoms with E-state index >= 15 is 0 Å². The van der Waals surface area contributed by atoms with Crippen LogP contribution < -0.4 is 5.56 Å². The van der Waals surface area contributed by atoms with E-state index in [1.54, 1.807) is 24.3 Å². The minimum absolute atomic E-state index is 0.0150. The van der Waals surface area contributed by atoms with Crippen molar-refractivity contribution in [3.8, 4) is 0 Å².